The van der Waals surface area contributed by atoms with Crippen LogP contribution >= 0.6 is 11.8 Å². The third-order valence-corrected chi connectivity index (χ3v) is 2.64. The molecule has 0 saturated heterocycles. The van der Waals surface area contributed by atoms with Gasteiger partial charge in [-0.3, -0.25) is 0 Å². The Kier molecular flexibility index (Phi) is 2.03. The Morgan fingerprint density at radius 1 is 1.89 bits per heavy atom. The van der Waals surface area contributed by atoms with E-state index in [0.717, 1.165) is 6.42 Å². The minimum atomic E-state index is 0.153. The first-order chi connectivity index (χ1) is 4.24. The van der Waals surface area contributed by atoms with Gasteiger partial charge in [-0.1, -0.05) is 18.7 Å². The second kappa shape index (κ2) is 2.62. The second-order valence-electron chi connectivity index (χ2n) is 2.12. The van der Waals surface area contributed by atoms with Crippen LogP contribution in [0.2, 0.25) is 0 Å². The highest BCUT2D eigenvalue weighted by atomic mass is 32.2. The van der Waals surface area contributed by atoms with Crippen LogP contribution in [-0.4, -0.2) is 17.4 Å². The first-order valence-corrected chi connectivity index (χ1v) is 3.97. The molecule has 1 atom stereocenters. The van der Waals surface area contributed by atoms with E-state index in [1.54, 1.807) is 11.8 Å². The number of nitrogens with two attached hydrogens (primary N) is 1. The molecule has 0 aromatic carbocycles. The smallest absolute Gasteiger partial charge is 0.129 e. The molecule has 0 fully saturated rings. The molecule has 0 radical (unpaired) electrons. The molecule has 52 valence electrons. The Labute approximate surface area is 60.1 Å². The van der Waals surface area contributed by atoms with E-state index in [4.69, 9.17) is 5.73 Å². The van der Waals surface area contributed by atoms with Gasteiger partial charge in [-0.25, -0.2) is 0 Å². The van der Waals surface area contributed by atoms with Gasteiger partial charge in [-0.15, -0.1) is 0 Å². The summed E-state index contributed by atoms with van der Waals surface area (Å²) >= 11 is 1.74. The number of thioether (sulfide) groups is 1. The normalized spacial score (nSPS) is 26.8. The lowest BCUT2D eigenvalue weighted by molar-refractivity contribution is 0.445. The summed E-state index contributed by atoms with van der Waals surface area (Å²) in [6.45, 7) is 2.14. The highest BCUT2D eigenvalue weighted by molar-refractivity contribution is 8.03. The van der Waals surface area contributed by atoms with Crippen molar-refractivity contribution in [3.63, 3.8) is 0 Å². The predicted molar refractivity (Wildman–Crippen MR) is 41.7 cm³/mol. The third kappa shape index (κ3) is 1.40. The van der Waals surface area contributed by atoms with E-state index in [1.165, 1.54) is 4.91 Å². The minimum absolute atomic E-state index is 0.153. The van der Waals surface area contributed by atoms with E-state index in [-0.39, 0.29) is 5.50 Å². The molecule has 0 amide bonds. The molecule has 9 heavy (non-hydrogen) atoms. The van der Waals surface area contributed by atoms with Crippen molar-refractivity contribution in [3.8, 4) is 0 Å². The fourth-order valence-electron chi connectivity index (χ4n) is 0.744. The van der Waals surface area contributed by atoms with Crippen molar-refractivity contribution in [2.75, 3.05) is 7.05 Å². The van der Waals surface area contributed by atoms with Crippen LogP contribution in [-0.2, 0) is 0 Å². The van der Waals surface area contributed by atoms with E-state index < -0.39 is 0 Å². The maximum Gasteiger partial charge on any atom is 0.129 e. The van der Waals surface area contributed by atoms with Crippen molar-refractivity contribution in [1.82, 2.24) is 4.90 Å². The molecule has 0 saturated carbocycles. The van der Waals surface area contributed by atoms with Gasteiger partial charge in [0.1, 0.15) is 5.50 Å². The lowest BCUT2D eigenvalue weighted by atomic mass is 10.4. The summed E-state index contributed by atoms with van der Waals surface area (Å²) in [7, 11) is 2.00. The molecular formula is C6H12N2S. The van der Waals surface area contributed by atoms with Crippen LogP contribution in [0.5, 0.6) is 0 Å². The third-order valence-electron chi connectivity index (χ3n) is 1.37. The average molecular weight is 144 g/mol. The largest absolute Gasteiger partial charge is 0.356 e. The number of hydrogen-bond donors (Lipinski definition) is 1. The Balaban J connectivity index is 2.52. The van der Waals surface area contributed by atoms with Gasteiger partial charge in [0, 0.05) is 18.2 Å². The Hall–Kier alpha value is -0.150. The van der Waals surface area contributed by atoms with Crippen LogP contribution in [0.15, 0.2) is 11.1 Å². The summed E-state index contributed by atoms with van der Waals surface area (Å²) in [4.78, 5) is 3.41. The van der Waals surface area contributed by atoms with Crippen molar-refractivity contribution < 1.29 is 0 Å². The molecule has 1 heterocycles. The highest BCUT2D eigenvalue weighted by Gasteiger charge is 2.15. The molecule has 0 aromatic heterocycles. The van der Waals surface area contributed by atoms with Gasteiger partial charge in [0.05, 0.1) is 0 Å². The van der Waals surface area contributed by atoms with Crippen molar-refractivity contribution >= 4 is 11.8 Å². The Morgan fingerprint density at radius 3 is 2.78 bits per heavy atom. The van der Waals surface area contributed by atoms with Gasteiger partial charge in [0.25, 0.3) is 0 Å². The monoisotopic (exact) mass is 144 g/mol. The van der Waals surface area contributed by atoms with Crippen LogP contribution in [0.25, 0.3) is 0 Å². The quantitative estimate of drug-likeness (QED) is 0.599. The molecule has 3 heteroatoms. The molecule has 1 aliphatic rings. The molecule has 2 nitrogen and oxygen atoms in total. The van der Waals surface area contributed by atoms with Crippen molar-refractivity contribution in [2.45, 2.75) is 18.8 Å². The topological polar surface area (TPSA) is 29.3 Å². The molecule has 1 unspecified atom stereocenters. The average Bonchev–Trinajstić information content (AvgIpc) is 2.13. The van der Waals surface area contributed by atoms with Crippen LogP contribution in [0, 0.1) is 0 Å². The van der Waals surface area contributed by atoms with Crippen LogP contribution in [0.3, 0.4) is 0 Å². The maximum absolute atomic E-state index is 5.68. The summed E-state index contributed by atoms with van der Waals surface area (Å²) in [5.74, 6) is 0. The lowest BCUT2D eigenvalue weighted by Gasteiger charge is -2.12. The number of rotatable bonds is 1. The van der Waals surface area contributed by atoms with E-state index in [2.05, 4.69) is 13.1 Å². The summed E-state index contributed by atoms with van der Waals surface area (Å²) < 4.78 is 0. The summed E-state index contributed by atoms with van der Waals surface area (Å²) in [5.41, 5.74) is 5.83. The lowest BCUT2D eigenvalue weighted by Crippen LogP contribution is -2.28. The Morgan fingerprint density at radius 2 is 2.56 bits per heavy atom. The molecule has 0 spiro atoms. The molecule has 1 rings (SSSR count). The van der Waals surface area contributed by atoms with Crippen LogP contribution in [0.1, 0.15) is 13.3 Å². The molecule has 0 bridgehead atoms. The predicted octanol–water partition coefficient (Wildman–Crippen LogP) is 1.16. The van der Waals surface area contributed by atoms with Crippen molar-refractivity contribution in [2.24, 2.45) is 5.73 Å². The minimum Gasteiger partial charge on any atom is -0.356 e. The number of allylic oxidation sites excluding steroid dienone is 1. The van der Waals surface area contributed by atoms with E-state index in [0.29, 0.717) is 0 Å². The molecule has 0 aliphatic carbocycles. The van der Waals surface area contributed by atoms with Gasteiger partial charge in [0.2, 0.25) is 0 Å². The van der Waals surface area contributed by atoms with Crippen molar-refractivity contribution in [3.05, 3.63) is 11.1 Å². The zero-order chi connectivity index (χ0) is 6.85. The standard InChI is InChI=1S/C6H12N2S/c1-3-5-4-8(2)6(7)9-5/h4,6H,3,7H2,1-2H3. The van der Waals surface area contributed by atoms with Crippen molar-refractivity contribution in [1.29, 1.82) is 0 Å². The summed E-state index contributed by atoms with van der Waals surface area (Å²) in [6.07, 6.45) is 3.21. The van der Waals surface area contributed by atoms with E-state index in [1.807, 2.05) is 11.9 Å². The molecule has 1 aliphatic heterocycles. The van der Waals surface area contributed by atoms with E-state index in [9.17, 15) is 0 Å². The zero-order valence-electron chi connectivity index (χ0n) is 5.79. The van der Waals surface area contributed by atoms with Gasteiger partial charge in [-0.2, -0.15) is 0 Å². The summed E-state index contributed by atoms with van der Waals surface area (Å²) in [6, 6.07) is 0. The molecule has 0 aromatic rings. The SMILES string of the molecule is CCC1=CN(C)C(N)S1. The summed E-state index contributed by atoms with van der Waals surface area (Å²) in [5, 5.41) is 0. The second-order valence-corrected chi connectivity index (χ2v) is 3.37. The zero-order valence-corrected chi connectivity index (χ0v) is 6.61. The van der Waals surface area contributed by atoms with Gasteiger partial charge < -0.3 is 10.6 Å². The van der Waals surface area contributed by atoms with Gasteiger partial charge >= 0.3 is 0 Å². The van der Waals surface area contributed by atoms with Gasteiger partial charge in [0.15, 0.2) is 0 Å². The fourth-order valence-corrected chi connectivity index (χ4v) is 1.67. The van der Waals surface area contributed by atoms with Gasteiger partial charge in [-0.05, 0) is 6.42 Å². The maximum atomic E-state index is 5.68. The van der Waals surface area contributed by atoms with Crippen LogP contribution in [0.4, 0.5) is 0 Å². The molecule has 2 N–H and O–H groups in total. The highest BCUT2D eigenvalue weighted by Crippen LogP contribution is 2.29. The van der Waals surface area contributed by atoms with E-state index >= 15 is 0 Å². The first kappa shape index (κ1) is 6.96. The Bertz CT molecular complexity index is 133. The number of nitrogens with zero attached hydrogens (tertiary/aromatic N) is 1. The fraction of sp³-hybridized carbons (Fsp3) is 0.667. The number of hydrogen-bond acceptors (Lipinski definition) is 3. The van der Waals surface area contributed by atoms with Crippen LogP contribution < -0.4 is 5.73 Å². The molecular weight excluding hydrogens is 132 g/mol. The first-order valence-electron chi connectivity index (χ1n) is 3.09.